The van der Waals surface area contributed by atoms with Gasteiger partial charge < -0.3 is 27.9 Å². The first-order valence-electron chi connectivity index (χ1n) is 36.4. The number of quaternary nitrogens is 1. The molecular formula is C77H138NO8P. The van der Waals surface area contributed by atoms with Crippen LogP contribution in [0.15, 0.2) is 97.2 Å². The second kappa shape index (κ2) is 67.3. The van der Waals surface area contributed by atoms with E-state index in [4.69, 9.17) is 18.5 Å². The number of rotatable bonds is 67. The molecule has 0 aliphatic rings. The maximum Gasteiger partial charge on any atom is 0.306 e. The zero-order chi connectivity index (χ0) is 63.4. The van der Waals surface area contributed by atoms with E-state index in [1.54, 1.807) is 0 Å². The number of phosphoric ester groups is 1. The number of likely N-dealkylation sites (N-methyl/N-ethyl adjacent to an activating group) is 1. The lowest BCUT2D eigenvalue weighted by Crippen LogP contribution is -2.37. The lowest BCUT2D eigenvalue weighted by molar-refractivity contribution is -0.870. The molecule has 0 spiro atoms. The van der Waals surface area contributed by atoms with Crippen molar-refractivity contribution in [3.8, 4) is 0 Å². The molecule has 0 heterocycles. The Labute approximate surface area is 538 Å². The fraction of sp³-hybridized carbons (Fsp3) is 0.766. The van der Waals surface area contributed by atoms with Gasteiger partial charge in [-0.3, -0.25) is 14.2 Å². The Balaban J connectivity index is 4.06. The monoisotopic (exact) mass is 1240 g/mol. The smallest absolute Gasteiger partial charge is 0.306 e. The van der Waals surface area contributed by atoms with Crippen LogP contribution in [0.3, 0.4) is 0 Å². The van der Waals surface area contributed by atoms with Crippen LogP contribution < -0.4 is 4.89 Å². The van der Waals surface area contributed by atoms with Crippen LogP contribution in [-0.4, -0.2) is 70.0 Å². The van der Waals surface area contributed by atoms with E-state index >= 15 is 0 Å². The van der Waals surface area contributed by atoms with E-state index in [0.717, 1.165) is 96.3 Å². The van der Waals surface area contributed by atoms with Gasteiger partial charge in [-0.2, -0.15) is 0 Å². The van der Waals surface area contributed by atoms with Gasteiger partial charge in [0.25, 0.3) is 7.82 Å². The topological polar surface area (TPSA) is 111 Å². The van der Waals surface area contributed by atoms with Gasteiger partial charge in [0.15, 0.2) is 6.10 Å². The maximum absolute atomic E-state index is 12.9. The van der Waals surface area contributed by atoms with Gasteiger partial charge >= 0.3 is 11.9 Å². The summed E-state index contributed by atoms with van der Waals surface area (Å²) in [6, 6.07) is 0. The van der Waals surface area contributed by atoms with Crippen LogP contribution >= 0.6 is 7.82 Å². The number of allylic oxidation sites excluding steroid dienone is 16. The van der Waals surface area contributed by atoms with E-state index in [0.29, 0.717) is 17.4 Å². The van der Waals surface area contributed by atoms with Crippen LogP contribution in [0, 0.1) is 0 Å². The van der Waals surface area contributed by atoms with Crippen molar-refractivity contribution in [1.82, 2.24) is 0 Å². The van der Waals surface area contributed by atoms with Gasteiger partial charge in [-0.25, -0.2) is 0 Å². The molecule has 0 aliphatic heterocycles. The predicted molar refractivity (Wildman–Crippen MR) is 374 cm³/mol. The van der Waals surface area contributed by atoms with Crippen molar-refractivity contribution in [3.05, 3.63) is 97.2 Å². The minimum absolute atomic E-state index is 0.0396. The van der Waals surface area contributed by atoms with Crippen molar-refractivity contribution in [1.29, 1.82) is 0 Å². The van der Waals surface area contributed by atoms with Crippen molar-refractivity contribution in [3.63, 3.8) is 0 Å². The number of unbranched alkanes of at least 4 members (excludes halogenated alkanes) is 37. The van der Waals surface area contributed by atoms with Crippen LogP contribution in [0.2, 0.25) is 0 Å². The van der Waals surface area contributed by atoms with E-state index in [2.05, 4.69) is 111 Å². The molecule has 504 valence electrons. The lowest BCUT2D eigenvalue weighted by atomic mass is 10.0. The normalized spacial score (nSPS) is 13.7. The number of hydrogen-bond donors (Lipinski definition) is 0. The Morgan fingerprint density at radius 3 is 0.977 bits per heavy atom. The van der Waals surface area contributed by atoms with Gasteiger partial charge in [0.1, 0.15) is 19.8 Å². The standard InChI is InChI=1S/C77H138NO8P/c1-6-8-10-12-14-16-18-20-22-24-26-28-30-32-34-36-37-38-39-40-42-43-45-47-49-51-53-55-57-59-61-63-65-67-69-76(79)83-73-75(74-85-87(81,82)84-72-71-78(3,4)5)86-77(80)70-68-66-64-62-60-58-56-54-52-50-48-46-44-41-35-33-31-29-27-25-23-21-19-17-15-13-11-9-7-2/h9,11,15,17,21,23,27,29,33,35,44,46,50,52,56,58,75H,6-8,10,12-14,16,18-20,22,24-26,28,30-32,34,36-43,45,47-49,51,53-55,57,59-74H2,1-5H3/b11-9-,17-15-,23-21-,29-27-,35-33-,46-44-,52-50-,58-56-. The molecule has 2 atom stereocenters. The molecule has 0 bridgehead atoms. The minimum atomic E-state index is -4.66. The maximum atomic E-state index is 12.9. The van der Waals surface area contributed by atoms with E-state index < -0.39 is 26.5 Å². The first kappa shape index (κ1) is 83.9. The molecule has 0 saturated carbocycles. The molecule has 0 aromatic carbocycles. The summed E-state index contributed by atoms with van der Waals surface area (Å²) < 4.78 is 34.3. The molecule has 0 aliphatic carbocycles. The summed E-state index contributed by atoms with van der Waals surface area (Å²) in [6.07, 6.45) is 93.7. The highest BCUT2D eigenvalue weighted by Gasteiger charge is 2.22. The summed E-state index contributed by atoms with van der Waals surface area (Å²) in [5, 5.41) is 0. The predicted octanol–water partition coefficient (Wildman–Crippen LogP) is 23.3. The highest BCUT2D eigenvalue weighted by atomic mass is 31.2. The molecule has 0 fully saturated rings. The van der Waals surface area contributed by atoms with Crippen molar-refractivity contribution in [2.24, 2.45) is 0 Å². The highest BCUT2D eigenvalue weighted by molar-refractivity contribution is 7.45. The number of nitrogens with zero attached hydrogens (tertiary/aromatic N) is 1. The van der Waals surface area contributed by atoms with Gasteiger partial charge in [0, 0.05) is 12.8 Å². The quantitative estimate of drug-likeness (QED) is 0.0195. The second-order valence-electron chi connectivity index (χ2n) is 25.6. The van der Waals surface area contributed by atoms with Crippen LogP contribution in [0.25, 0.3) is 0 Å². The summed E-state index contributed by atoms with van der Waals surface area (Å²) in [5.74, 6) is -0.856. The number of esters is 2. The summed E-state index contributed by atoms with van der Waals surface area (Å²) in [5.41, 5.74) is 0. The molecule has 87 heavy (non-hydrogen) atoms. The zero-order valence-corrected chi connectivity index (χ0v) is 58.3. The minimum Gasteiger partial charge on any atom is -0.756 e. The third-order valence-corrected chi connectivity index (χ3v) is 16.8. The fourth-order valence-corrected chi connectivity index (χ4v) is 11.1. The Hall–Kier alpha value is -3.07. The average Bonchev–Trinajstić information content (AvgIpc) is 3.56. The van der Waals surface area contributed by atoms with Crippen LogP contribution in [-0.2, 0) is 32.7 Å². The Morgan fingerprint density at radius 1 is 0.368 bits per heavy atom. The number of carbonyl (C=O) groups is 2. The van der Waals surface area contributed by atoms with E-state index in [-0.39, 0.29) is 32.0 Å². The van der Waals surface area contributed by atoms with Gasteiger partial charge in [-0.1, -0.05) is 336 Å². The zero-order valence-electron chi connectivity index (χ0n) is 57.5. The molecule has 2 unspecified atom stereocenters. The number of phosphoric acid groups is 1. The third kappa shape index (κ3) is 71.9. The van der Waals surface area contributed by atoms with Crippen LogP contribution in [0.1, 0.15) is 328 Å². The SMILES string of the molecule is CC/C=C\C/C=C\C/C=C\C/C=C\C/C=C\C/C=C\C/C=C\C/C=C\CCCCCCC(=O)OC(COC(=O)CCCCCCCCCCCCCCCCCCCCCCCCCCCCCCCCCCCC)COP(=O)([O-])OCC[N+](C)(C)C. The van der Waals surface area contributed by atoms with Crippen molar-refractivity contribution in [2.45, 2.75) is 335 Å². The molecule has 0 aromatic heterocycles. The molecule has 0 radical (unpaired) electrons. The Morgan fingerprint density at radius 2 is 0.655 bits per heavy atom. The summed E-state index contributed by atoms with van der Waals surface area (Å²) in [4.78, 5) is 38.1. The van der Waals surface area contributed by atoms with E-state index in [1.807, 2.05) is 21.1 Å². The molecular weight excluding hydrogens is 1100 g/mol. The highest BCUT2D eigenvalue weighted by Crippen LogP contribution is 2.38. The largest absolute Gasteiger partial charge is 0.756 e. The molecule has 0 rings (SSSR count). The number of hydrogen-bond acceptors (Lipinski definition) is 8. The molecule has 0 amide bonds. The van der Waals surface area contributed by atoms with Gasteiger partial charge in [-0.15, -0.1) is 0 Å². The van der Waals surface area contributed by atoms with E-state index in [9.17, 15) is 19.0 Å². The first-order valence-corrected chi connectivity index (χ1v) is 37.9. The van der Waals surface area contributed by atoms with Crippen molar-refractivity contribution >= 4 is 19.8 Å². The van der Waals surface area contributed by atoms with Crippen LogP contribution in [0.5, 0.6) is 0 Å². The molecule has 0 aromatic rings. The summed E-state index contributed by atoms with van der Waals surface area (Å²) in [7, 11) is 1.15. The third-order valence-electron chi connectivity index (χ3n) is 15.9. The van der Waals surface area contributed by atoms with Gasteiger partial charge in [0.05, 0.1) is 27.7 Å². The van der Waals surface area contributed by atoms with E-state index in [1.165, 1.54) is 199 Å². The molecule has 10 heteroatoms. The molecule has 0 saturated heterocycles. The average molecular weight is 1240 g/mol. The van der Waals surface area contributed by atoms with Crippen LogP contribution in [0.4, 0.5) is 0 Å². The van der Waals surface area contributed by atoms with Gasteiger partial charge in [0.2, 0.25) is 0 Å². The Bertz CT molecular complexity index is 1790. The summed E-state index contributed by atoms with van der Waals surface area (Å²) >= 11 is 0. The fourth-order valence-electron chi connectivity index (χ4n) is 10.3. The van der Waals surface area contributed by atoms with Crippen molar-refractivity contribution in [2.75, 3.05) is 47.5 Å². The number of carbonyl (C=O) groups excluding carboxylic acids is 2. The van der Waals surface area contributed by atoms with Gasteiger partial charge in [-0.05, 0) is 77.0 Å². The molecule has 0 N–H and O–H groups in total. The second-order valence-corrected chi connectivity index (χ2v) is 27.0. The number of ether oxygens (including phenoxy) is 2. The summed E-state index contributed by atoms with van der Waals surface area (Å²) in [6.45, 7) is 4.13. The van der Waals surface area contributed by atoms with Crippen molar-refractivity contribution < 1.29 is 42.1 Å². The Kier molecular flexibility index (Phi) is 65.0. The molecule has 9 nitrogen and oxygen atoms in total. The lowest BCUT2D eigenvalue weighted by Gasteiger charge is -2.28. The first-order chi connectivity index (χ1) is 42.5.